The average Bonchev–Trinajstić information content (AvgIpc) is 2.54. The zero-order chi connectivity index (χ0) is 18.3. The SMILES string of the molecule is CC(CCCCCCNCCCCCCCCN)C(C)(C)N(C)C. The molecule has 0 aromatic heterocycles. The molecule has 0 aromatic carbocycles. The van der Waals surface area contributed by atoms with Crippen molar-refractivity contribution in [1.82, 2.24) is 10.2 Å². The van der Waals surface area contributed by atoms with Gasteiger partial charge in [-0.25, -0.2) is 0 Å². The van der Waals surface area contributed by atoms with Gasteiger partial charge in [0.1, 0.15) is 0 Å². The van der Waals surface area contributed by atoms with Crippen LogP contribution in [0.3, 0.4) is 0 Å². The summed E-state index contributed by atoms with van der Waals surface area (Å²) in [5.41, 5.74) is 5.81. The molecule has 0 radical (unpaired) electrons. The van der Waals surface area contributed by atoms with Crippen LogP contribution in [0.5, 0.6) is 0 Å². The summed E-state index contributed by atoms with van der Waals surface area (Å²) in [6.07, 6.45) is 14.8. The number of nitrogens with one attached hydrogen (secondary N) is 1. The predicted octanol–water partition coefficient (Wildman–Crippen LogP) is 4.80. The third kappa shape index (κ3) is 12.3. The van der Waals surface area contributed by atoms with Crippen LogP contribution in [0.1, 0.15) is 91.4 Å². The minimum Gasteiger partial charge on any atom is -0.330 e. The van der Waals surface area contributed by atoms with Crippen molar-refractivity contribution in [3.05, 3.63) is 0 Å². The van der Waals surface area contributed by atoms with Gasteiger partial charge in [-0.3, -0.25) is 0 Å². The van der Waals surface area contributed by atoms with Gasteiger partial charge in [0.25, 0.3) is 0 Å². The Hall–Kier alpha value is -0.120. The van der Waals surface area contributed by atoms with Crippen LogP contribution in [0.4, 0.5) is 0 Å². The molecule has 0 bridgehead atoms. The van der Waals surface area contributed by atoms with Crippen molar-refractivity contribution in [2.75, 3.05) is 33.7 Å². The monoisotopic (exact) mass is 341 g/mol. The molecule has 3 N–H and O–H groups in total. The van der Waals surface area contributed by atoms with Crippen LogP contribution in [-0.4, -0.2) is 44.2 Å². The third-order valence-electron chi connectivity index (χ3n) is 5.91. The number of hydrogen-bond donors (Lipinski definition) is 2. The lowest BCUT2D eigenvalue weighted by atomic mass is 9.84. The molecule has 146 valence electrons. The molecule has 0 aliphatic heterocycles. The van der Waals surface area contributed by atoms with Crippen molar-refractivity contribution in [1.29, 1.82) is 0 Å². The Morgan fingerprint density at radius 2 is 1.25 bits per heavy atom. The summed E-state index contributed by atoms with van der Waals surface area (Å²) in [6.45, 7) is 10.4. The highest BCUT2D eigenvalue weighted by Gasteiger charge is 2.27. The molecule has 0 saturated heterocycles. The number of hydrogen-bond acceptors (Lipinski definition) is 3. The summed E-state index contributed by atoms with van der Waals surface area (Å²) in [5.74, 6) is 0.760. The van der Waals surface area contributed by atoms with Gasteiger partial charge in [0, 0.05) is 5.54 Å². The summed E-state index contributed by atoms with van der Waals surface area (Å²) in [5, 5.41) is 3.60. The van der Waals surface area contributed by atoms with E-state index in [1.807, 2.05) is 0 Å². The number of nitrogens with two attached hydrogens (primary N) is 1. The van der Waals surface area contributed by atoms with Crippen LogP contribution >= 0.6 is 0 Å². The van der Waals surface area contributed by atoms with Crippen molar-refractivity contribution in [3.63, 3.8) is 0 Å². The summed E-state index contributed by atoms with van der Waals surface area (Å²) in [6, 6.07) is 0. The van der Waals surface area contributed by atoms with E-state index in [9.17, 15) is 0 Å². The Balaban J connectivity index is 3.29. The van der Waals surface area contributed by atoms with E-state index >= 15 is 0 Å². The molecule has 0 fully saturated rings. The second-order valence-electron chi connectivity index (χ2n) is 8.31. The number of unbranched alkanes of at least 4 members (excludes halogenated alkanes) is 8. The van der Waals surface area contributed by atoms with Gasteiger partial charge in [-0.2, -0.15) is 0 Å². The minimum absolute atomic E-state index is 0.311. The molecule has 0 amide bonds. The van der Waals surface area contributed by atoms with Gasteiger partial charge in [-0.05, 0) is 79.2 Å². The molecule has 0 aliphatic carbocycles. The van der Waals surface area contributed by atoms with Gasteiger partial charge < -0.3 is 16.0 Å². The maximum atomic E-state index is 5.50. The van der Waals surface area contributed by atoms with Gasteiger partial charge in [0.15, 0.2) is 0 Å². The topological polar surface area (TPSA) is 41.3 Å². The van der Waals surface area contributed by atoms with Crippen LogP contribution in [0.15, 0.2) is 0 Å². The standard InChI is InChI=1S/C21H47N3/c1-20(21(2,3)24(4)5)16-12-8-11-15-19-23-18-14-10-7-6-9-13-17-22/h20,23H,6-19,22H2,1-5H3. The van der Waals surface area contributed by atoms with Crippen molar-refractivity contribution >= 4 is 0 Å². The summed E-state index contributed by atoms with van der Waals surface area (Å²) in [7, 11) is 4.39. The molecule has 0 aromatic rings. The first kappa shape index (κ1) is 23.9. The first-order chi connectivity index (χ1) is 11.4. The van der Waals surface area contributed by atoms with Crippen LogP contribution in [-0.2, 0) is 0 Å². The van der Waals surface area contributed by atoms with Gasteiger partial charge in [0.2, 0.25) is 0 Å². The van der Waals surface area contributed by atoms with E-state index in [1.165, 1.54) is 83.7 Å². The Bertz CT molecular complexity index is 264. The molecule has 0 aliphatic rings. The highest BCUT2D eigenvalue weighted by atomic mass is 15.1. The maximum Gasteiger partial charge on any atom is 0.0172 e. The predicted molar refractivity (Wildman–Crippen MR) is 110 cm³/mol. The molecule has 0 heterocycles. The van der Waals surface area contributed by atoms with E-state index in [2.05, 4.69) is 45.1 Å². The van der Waals surface area contributed by atoms with E-state index in [-0.39, 0.29) is 0 Å². The number of nitrogens with zero attached hydrogens (tertiary/aromatic N) is 1. The second kappa shape index (κ2) is 15.2. The van der Waals surface area contributed by atoms with E-state index in [0.717, 1.165) is 12.5 Å². The number of rotatable bonds is 17. The van der Waals surface area contributed by atoms with Gasteiger partial charge in [-0.1, -0.05) is 51.9 Å². The summed E-state index contributed by atoms with van der Waals surface area (Å²) >= 11 is 0. The fourth-order valence-electron chi connectivity index (χ4n) is 3.07. The molecule has 3 heteroatoms. The van der Waals surface area contributed by atoms with Crippen molar-refractivity contribution in [3.8, 4) is 0 Å². The van der Waals surface area contributed by atoms with Gasteiger partial charge >= 0.3 is 0 Å². The van der Waals surface area contributed by atoms with Crippen LogP contribution < -0.4 is 11.1 Å². The largest absolute Gasteiger partial charge is 0.330 e. The first-order valence-corrected chi connectivity index (χ1v) is 10.5. The molecule has 0 spiro atoms. The lowest BCUT2D eigenvalue weighted by Crippen LogP contribution is -2.43. The molecular formula is C21H47N3. The fourth-order valence-corrected chi connectivity index (χ4v) is 3.07. The van der Waals surface area contributed by atoms with Crippen LogP contribution in [0.25, 0.3) is 0 Å². The highest BCUT2D eigenvalue weighted by molar-refractivity contribution is 4.82. The minimum atomic E-state index is 0.311. The molecule has 3 nitrogen and oxygen atoms in total. The molecule has 0 rings (SSSR count). The van der Waals surface area contributed by atoms with Crippen molar-refractivity contribution in [2.24, 2.45) is 11.7 Å². The van der Waals surface area contributed by atoms with Crippen molar-refractivity contribution < 1.29 is 0 Å². The molecule has 24 heavy (non-hydrogen) atoms. The van der Waals surface area contributed by atoms with Gasteiger partial charge in [0.05, 0.1) is 0 Å². The Morgan fingerprint density at radius 3 is 1.75 bits per heavy atom. The van der Waals surface area contributed by atoms with Gasteiger partial charge in [-0.15, -0.1) is 0 Å². The maximum absolute atomic E-state index is 5.50. The normalized spacial score (nSPS) is 13.6. The van der Waals surface area contributed by atoms with E-state index in [4.69, 9.17) is 5.73 Å². The summed E-state index contributed by atoms with van der Waals surface area (Å²) in [4.78, 5) is 2.36. The first-order valence-electron chi connectivity index (χ1n) is 10.5. The molecule has 0 saturated carbocycles. The lowest BCUT2D eigenvalue weighted by molar-refractivity contribution is 0.118. The Labute approximate surface area is 153 Å². The van der Waals surface area contributed by atoms with Crippen LogP contribution in [0, 0.1) is 5.92 Å². The zero-order valence-corrected chi connectivity index (χ0v) is 17.5. The van der Waals surface area contributed by atoms with E-state index < -0.39 is 0 Å². The van der Waals surface area contributed by atoms with Crippen LogP contribution in [0.2, 0.25) is 0 Å². The fraction of sp³-hybridized carbons (Fsp3) is 1.00. The Kier molecular flexibility index (Phi) is 15.1. The molecule has 1 atom stereocenters. The smallest absolute Gasteiger partial charge is 0.0172 e. The summed E-state index contributed by atoms with van der Waals surface area (Å²) < 4.78 is 0. The average molecular weight is 342 g/mol. The zero-order valence-electron chi connectivity index (χ0n) is 17.5. The van der Waals surface area contributed by atoms with E-state index in [0.29, 0.717) is 5.54 Å². The Morgan fingerprint density at radius 1 is 0.792 bits per heavy atom. The van der Waals surface area contributed by atoms with Crippen molar-refractivity contribution in [2.45, 2.75) is 96.9 Å². The quantitative estimate of drug-likeness (QED) is 0.373. The second-order valence-corrected chi connectivity index (χ2v) is 8.31. The third-order valence-corrected chi connectivity index (χ3v) is 5.91. The van der Waals surface area contributed by atoms with E-state index in [1.54, 1.807) is 0 Å². The molecule has 1 unspecified atom stereocenters. The molecular weight excluding hydrogens is 294 g/mol. The lowest BCUT2D eigenvalue weighted by Gasteiger charge is -2.38. The highest BCUT2D eigenvalue weighted by Crippen LogP contribution is 2.26.